The molecule has 0 radical (unpaired) electrons. The Morgan fingerprint density at radius 3 is 2.72 bits per heavy atom. The summed E-state index contributed by atoms with van der Waals surface area (Å²) in [4.78, 5) is 20.7. The number of halogens is 1. The molecule has 7 heteroatoms. The van der Waals surface area contributed by atoms with Crippen molar-refractivity contribution in [2.45, 2.75) is 26.7 Å². The van der Waals surface area contributed by atoms with Gasteiger partial charge in [-0.15, -0.1) is 0 Å². The molecule has 0 aliphatic heterocycles. The van der Waals surface area contributed by atoms with E-state index in [1.54, 1.807) is 12.1 Å². The first-order valence-electron chi connectivity index (χ1n) is 9.41. The fourth-order valence-electron chi connectivity index (χ4n) is 2.78. The molecule has 3 aromatic rings. The van der Waals surface area contributed by atoms with E-state index in [9.17, 15) is 4.79 Å². The lowest BCUT2D eigenvalue weighted by Gasteiger charge is -2.14. The maximum atomic E-state index is 12.4. The number of ether oxygens (including phenoxy) is 1. The summed E-state index contributed by atoms with van der Waals surface area (Å²) < 4.78 is 5.60. The summed E-state index contributed by atoms with van der Waals surface area (Å²) in [5, 5.41) is 6.74. The smallest absolute Gasteiger partial charge is 0.227 e. The number of carbonyl (C=O) groups is 1. The molecule has 0 spiro atoms. The maximum Gasteiger partial charge on any atom is 0.227 e. The molecule has 1 heterocycles. The standard InChI is InChI=1S/C22H23ClN4O2/c1-3-16-8-9-17(26-21-12-15(2)24-14-25-21)13-19(16)27-22(28)10-11-29-20-7-5-4-6-18(20)23/h4-9,12-14H,3,10-11H2,1-2H3,(H,27,28)(H,24,25,26). The van der Waals surface area contributed by atoms with Crippen LogP contribution in [-0.2, 0) is 11.2 Å². The number of carbonyl (C=O) groups excluding carboxylic acids is 1. The molecule has 0 saturated heterocycles. The average Bonchev–Trinajstić information content (AvgIpc) is 2.70. The van der Waals surface area contributed by atoms with Gasteiger partial charge in [-0.2, -0.15) is 0 Å². The number of aromatic nitrogens is 2. The molecule has 0 unspecified atom stereocenters. The van der Waals surface area contributed by atoms with Crippen molar-refractivity contribution < 1.29 is 9.53 Å². The fourth-order valence-corrected chi connectivity index (χ4v) is 2.97. The molecule has 2 N–H and O–H groups in total. The van der Waals surface area contributed by atoms with Crippen LogP contribution < -0.4 is 15.4 Å². The Labute approximate surface area is 175 Å². The Bertz CT molecular complexity index is 994. The zero-order chi connectivity index (χ0) is 20.6. The summed E-state index contributed by atoms with van der Waals surface area (Å²) in [6, 6.07) is 14.9. The summed E-state index contributed by atoms with van der Waals surface area (Å²) in [5.41, 5.74) is 3.53. The summed E-state index contributed by atoms with van der Waals surface area (Å²) in [6.45, 7) is 4.20. The third-order valence-corrected chi connectivity index (χ3v) is 4.58. The SMILES string of the molecule is CCc1ccc(Nc2cc(C)ncn2)cc1NC(=O)CCOc1ccccc1Cl. The molecule has 1 aromatic heterocycles. The van der Waals surface area contributed by atoms with Crippen LogP contribution in [0.25, 0.3) is 0 Å². The largest absolute Gasteiger partial charge is 0.491 e. The van der Waals surface area contributed by atoms with Gasteiger partial charge in [0.25, 0.3) is 0 Å². The number of para-hydroxylation sites is 1. The second kappa shape index (κ2) is 9.89. The molecule has 0 aliphatic rings. The molecule has 0 fully saturated rings. The van der Waals surface area contributed by atoms with E-state index in [0.29, 0.717) is 16.6 Å². The van der Waals surface area contributed by atoms with Gasteiger partial charge in [-0.1, -0.05) is 36.7 Å². The molecule has 0 saturated carbocycles. The molecule has 150 valence electrons. The highest BCUT2D eigenvalue weighted by Gasteiger charge is 2.09. The summed E-state index contributed by atoms with van der Waals surface area (Å²) in [7, 11) is 0. The van der Waals surface area contributed by atoms with Crippen molar-refractivity contribution in [2.75, 3.05) is 17.2 Å². The number of rotatable bonds is 8. The Morgan fingerprint density at radius 1 is 1.14 bits per heavy atom. The van der Waals surface area contributed by atoms with Crippen LogP contribution in [0.15, 0.2) is 54.9 Å². The quantitative estimate of drug-likeness (QED) is 0.537. The van der Waals surface area contributed by atoms with Crippen LogP contribution in [0, 0.1) is 6.92 Å². The Kier molecular flexibility index (Phi) is 7.03. The van der Waals surface area contributed by atoms with Gasteiger partial charge < -0.3 is 15.4 Å². The topological polar surface area (TPSA) is 76.1 Å². The number of nitrogens with one attached hydrogen (secondary N) is 2. The van der Waals surface area contributed by atoms with Gasteiger partial charge in [0.2, 0.25) is 5.91 Å². The predicted molar refractivity (Wildman–Crippen MR) is 116 cm³/mol. The molecule has 6 nitrogen and oxygen atoms in total. The van der Waals surface area contributed by atoms with Crippen molar-refractivity contribution in [1.29, 1.82) is 0 Å². The number of hydrogen-bond donors (Lipinski definition) is 2. The normalized spacial score (nSPS) is 10.4. The average molecular weight is 411 g/mol. The van der Waals surface area contributed by atoms with Gasteiger partial charge in [0, 0.05) is 23.1 Å². The van der Waals surface area contributed by atoms with E-state index in [2.05, 4.69) is 20.6 Å². The zero-order valence-electron chi connectivity index (χ0n) is 16.4. The van der Waals surface area contributed by atoms with Crippen LogP contribution in [0.5, 0.6) is 5.75 Å². The third kappa shape index (κ3) is 5.93. The van der Waals surface area contributed by atoms with Crippen LogP contribution in [0.2, 0.25) is 5.02 Å². The molecular formula is C22H23ClN4O2. The molecule has 2 aromatic carbocycles. The number of nitrogens with zero attached hydrogens (tertiary/aromatic N) is 2. The lowest BCUT2D eigenvalue weighted by Crippen LogP contribution is -2.16. The zero-order valence-corrected chi connectivity index (χ0v) is 17.2. The van der Waals surface area contributed by atoms with Crippen LogP contribution >= 0.6 is 11.6 Å². The van der Waals surface area contributed by atoms with E-state index in [1.165, 1.54) is 6.33 Å². The number of benzene rings is 2. The molecule has 29 heavy (non-hydrogen) atoms. The highest BCUT2D eigenvalue weighted by Crippen LogP contribution is 2.25. The van der Waals surface area contributed by atoms with Crippen LogP contribution in [0.1, 0.15) is 24.6 Å². The molecule has 0 aliphatic carbocycles. The van der Waals surface area contributed by atoms with Crippen LogP contribution in [-0.4, -0.2) is 22.5 Å². The van der Waals surface area contributed by atoms with Gasteiger partial charge in [0.15, 0.2) is 0 Å². The molecule has 0 bridgehead atoms. The van der Waals surface area contributed by atoms with Gasteiger partial charge in [-0.25, -0.2) is 9.97 Å². The third-order valence-electron chi connectivity index (χ3n) is 4.26. The maximum absolute atomic E-state index is 12.4. The summed E-state index contributed by atoms with van der Waals surface area (Å²) >= 11 is 6.06. The molecule has 3 rings (SSSR count). The van der Waals surface area contributed by atoms with Gasteiger partial charge in [0.1, 0.15) is 17.9 Å². The van der Waals surface area contributed by atoms with E-state index in [4.69, 9.17) is 16.3 Å². The molecular weight excluding hydrogens is 388 g/mol. The Morgan fingerprint density at radius 2 is 1.97 bits per heavy atom. The van der Waals surface area contributed by atoms with Gasteiger partial charge in [-0.3, -0.25) is 4.79 Å². The Hall–Kier alpha value is -3.12. The second-order valence-corrected chi connectivity index (χ2v) is 6.88. The second-order valence-electron chi connectivity index (χ2n) is 6.47. The van der Waals surface area contributed by atoms with Crippen LogP contribution in [0.3, 0.4) is 0 Å². The first-order valence-corrected chi connectivity index (χ1v) is 9.78. The minimum absolute atomic E-state index is 0.123. The van der Waals surface area contributed by atoms with Crippen molar-refractivity contribution >= 4 is 34.7 Å². The lowest BCUT2D eigenvalue weighted by atomic mass is 10.1. The molecule has 0 atom stereocenters. The first kappa shape index (κ1) is 20.6. The van der Waals surface area contributed by atoms with Crippen molar-refractivity contribution in [3.05, 3.63) is 71.1 Å². The molecule has 1 amide bonds. The number of anilines is 3. The van der Waals surface area contributed by atoms with E-state index >= 15 is 0 Å². The van der Waals surface area contributed by atoms with E-state index < -0.39 is 0 Å². The van der Waals surface area contributed by atoms with E-state index in [0.717, 1.165) is 29.1 Å². The predicted octanol–water partition coefficient (Wildman–Crippen LogP) is 5.15. The number of hydrogen-bond acceptors (Lipinski definition) is 5. The summed E-state index contributed by atoms with van der Waals surface area (Å²) in [6.07, 6.45) is 2.54. The summed E-state index contributed by atoms with van der Waals surface area (Å²) in [5.74, 6) is 1.15. The van der Waals surface area contributed by atoms with Gasteiger partial charge in [-0.05, 0) is 43.2 Å². The van der Waals surface area contributed by atoms with Gasteiger partial charge >= 0.3 is 0 Å². The monoisotopic (exact) mass is 410 g/mol. The van der Waals surface area contributed by atoms with Crippen LogP contribution in [0.4, 0.5) is 17.2 Å². The number of amides is 1. The number of aryl methyl sites for hydroxylation is 2. The minimum Gasteiger partial charge on any atom is -0.491 e. The minimum atomic E-state index is -0.123. The lowest BCUT2D eigenvalue weighted by molar-refractivity contribution is -0.116. The van der Waals surface area contributed by atoms with E-state index in [-0.39, 0.29) is 18.9 Å². The first-order chi connectivity index (χ1) is 14.0. The highest BCUT2D eigenvalue weighted by molar-refractivity contribution is 6.32. The Balaban J connectivity index is 1.62. The van der Waals surface area contributed by atoms with Crippen molar-refractivity contribution in [1.82, 2.24) is 9.97 Å². The van der Waals surface area contributed by atoms with E-state index in [1.807, 2.05) is 50.2 Å². The highest BCUT2D eigenvalue weighted by atomic mass is 35.5. The van der Waals surface area contributed by atoms with Gasteiger partial charge in [0.05, 0.1) is 18.1 Å². The van der Waals surface area contributed by atoms with Crippen molar-refractivity contribution in [3.63, 3.8) is 0 Å². The van der Waals surface area contributed by atoms with Crippen molar-refractivity contribution in [2.24, 2.45) is 0 Å². The fraction of sp³-hybridized carbons (Fsp3) is 0.227. The van der Waals surface area contributed by atoms with Crippen molar-refractivity contribution in [3.8, 4) is 5.75 Å².